The van der Waals surface area contributed by atoms with Gasteiger partial charge in [0.15, 0.2) is 6.10 Å². The lowest BCUT2D eigenvalue weighted by Crippen LogP contribution is -2.48. The minimum atomic E-state index is -0.578. The molecule has 2 aromatic carbocycles. The summed E-state index contributed by atoms with van der Waals surface area (Å²) in [5.41, 5.74) is 1.46. The van der Waals surface area contributed by atoms with Crippen molar-refractivity contribution < 1.29 is 14.3 Å². The lowest BCUT2D eigenvalue weighted by atomic mass is 10.1. The van der Waals surface area contributed by atoms with Crippen molar-refractivity contribution in [3.05, 3.63) is 58.1 Å². The Morgan fingerprint density at radius 1 is 1.15 bits per heavy atom. The highest BCUT2D eigenvalue weighted by molar-refractivity contribution is 6.35. The Morgan fingerprint density at radius 3 is 2.78 bits per heavy atom. The van der Waals surface area contributed by atoms with Gasteiger partial charge in [-0.25, -0.2) is 0 Å². The molecule has 27 heavy (non-hydrogen) atoms. The molecule has 0 aliphatic carbocycles. The van der Waals surface area contributed by atoms with Crippen molar-refractivity contribution >= 4 is 40.7 Å². The Hall–Kier alpha value is -2.24. The second-order valence-corrected chi connectivity index (χ2v) is 7.57. The van der Waals surface area contributed by atoms with E-state index in [0.29, 0.717) is 35.1 Å². The molecule has 1 N–H and O–H groups in total. The number of nitrogens with one attached hydrogen (secondary N) is 1. The minimum absolute atomic E-state index is 0.152. The third kappa shape index (κ3) is 3.62. The van der Waals surface area contributed by atoms with Crippen molar-refractivity contribution in [3.8, 4) is 5.75 Å². The molecule has 140 valence electrons. The van der Waals surface area contributed by atoms with Crippen LogP contribution in [0.1, 0.15) is 18.4 Å². The fraction of sp³-hybridized carbons (Fsp3) is 0.300. The molecule has 2 aliphatic heterocycles. The molecule has 1 fully saturated rings. The summed E-state index contributed by atoms with van der Waals surface area (Å²) in [6, 6.07) is 12.0. The molecule has 2 aromatic rings. The third-order valence-electron chi connectivity index (χ3n) is 4.95. The van der Waals surface area contributed by atoms with Gasteiger partial charge in [-0.15, -0.1) is 0 Å². The van der Waals surface area contributed by atoms with Gasteiger partial charge in [-0.3, -0.25) is 9.59 Å². The molecule has 0 saturated carbocycles. The number of hydrogen-bond donors (Lipinski definition) is 1. The fourth-order valence-electron chi connectivity index (χ4n) is 3.62. The summed E-state index contributed by atoms with van der Waals surface area (Å²) in [6.07, 6.45) is 1.33. The zero-order chi connectivity index (χ0) is 19.0. The first kappa shape index (κ1) is 18.1. The molecule has 7 heteroatoms. The summed E-state index contributed by atoms with van der Waals surface area (Å²) in [7, 11) is 0. The van der Waals surface area contributed by atoms with Crippen LogP contribution >= 0.6 is 23.2 Å². The van der Waals surface area contributed by atoms with Crippen LogP contribution < -0.4 is 10.1 Å². The normalized spacial score (nSPS) is 20.9. The quantitative estimate of drug-likeness (QED) is 0.842. The van der Waals surface area contributed by atoms with Gasteiger partial charge in [0.25, 0.3) is 5.91 Å². The Morgan fingerprint density at radius 2 is 1.96 bits per heavy atom. The number of benzene rings is 2. The minimum Gasteiger partial charge on any atom is -0.480 e. The number of carbonyl (C=O) groups is 2. The van der Waals surface area contributed by atoms with Crippen LogP contribution in [0.4, 0.5) is 5.69 Å². The van der Waals surface area contributed by atoms with Crippen LogP contribution in [0.2, 0.25) is 10.0 Å². The topological polar surface area (TPSA) is 58.6 Å². The lowest BCUT2D eigenvalue weighted by Gasteiger charge is -2.26. The van der Waals surface area contributed by atoms with Gasteiger partial charge in [-0.2, -0.15) is 0 Å². The van der Waals surface area contributed by atoms with E-state index in [4.69, 9.17) is 27.9 Å². The number of rotatable bonds is 3. The van der Waals surface area contributed by atoms with E-state index in [2.05, 4.69) is 5.32 Å². The average Bonchev–Trinajstić information content (AvgIpc) is 3.30. The molecule has 0 aromatic heterocycles. The van der Waals surface area contributed by atoms with Gasteiger partial charge >= 0.3 is 0 Å². The van der Waals surface area contributed by atoms with Gasteiger partial charge in [0, 0.05) is 18.0 Å². The molecule has 4 rings (SSSR count). The number of anilines is 1. The van der Waals surface area contributed by atoms with E-state index in [9.17, 15) is 9.59 Å². The van der Waals surface area contributed by atoms with Crippen LogP contribution in [0.3, 0.4) is 0 Å². The zero-order valence-electron chi connectivity index (χ0n) is 14.5. The van der Waals surface area contributed by atoms with Crippen LogP contribution in [0, 0.1) is 0 Å². The van der Waals surface area contributed by atoms with Crippen molar-refractivity contribution in [3.63, 3.8) is 0 Å². The molecule has 2 heterocycles. The summed E-state index contributed by atoms with van der Waals surface area (Å²) in [4.78, 5) is 27.4. The Kier molecular flexibility index (Phi) is 4.98. The van der Waals surface area contributed by atoms with Crippen LogP contribution in [-0.2, 0) is 16.0 Å². The van der Waals surface area contributed by atoms with E-state index < -0.39 is 12.1 Å². The molecule has 2 amide bonds. The molecular formula is C20H18Cl2N2O3. The number of hydrogen-bond acceptors (Lipinski definition) is 3. The van der Waals surface area contributed by atoms with E-state index in [1.165, 1.54) is 0 Å². The third-order valence-corrected chi connectivity index (χ3v) is 5.51. The highest BCUT2D eigenvalue weighted by atomic mass is 35.5. The maximum absolute atomic E-state index is 13.0. The van der Waals surface area contributed by atoms with E-state index in [1.807, 2.05) is 24.3 Å². The Balaban J connectivity index is 1.46. The van der Waals surface area contributed by atoms with Gasteiger partial charge in [0.1, 0.15) is 11.8 Å². The first-order valence-electron chi connectivity index (χ1n) is 8.84. The second kappa shape index (κ2) is 7.41. The average molecular weight is 405 g/mol. The Bertz CT molecular complexity index is 878. The lowest BCUT2D eigenvalue weighted by molar-refractivity contribution is -0.142. The van der Waals surface area contributed by atoms with Crippen LogP contribution in [-0.4, -0.2) is 35.4 Å². The van der Waals surface area contributed by atoms with E-state index in [0.717, 1.165) is 17.7 Å². The smallest absolute Gasteiger partial charge is 0.264 e. The maximum atomic E-state index is 13.0. The summed E-state index contributed by atoms with van der Waals surface area (Å²) in [5, 5.41) is 3.67. The van der Waals surface area contributed by atoms with Crippen LogP contribution in [0.25, 0.3) is 0 Å². The number of para-hydroxylation sites is 1. The second-order valence-electron chi connectivity index (χ2n) is 6.72. The number of halogens is 2. The van der Waals surface area contributed by atoms with Gasteiger partial charge in [0.05, 0.1) is 10.7 Å². The summed E-state index contributed by atoms with van der Waals surface area (Å²) in [6.45, 7) is 0.538. The predicted molar refractivity (Wildman–Crippen MR) is 104 cm³/mol. The van der Waals surface area contributed by atoms with Crippen LogP contribution in [0.15, 0.2) is 42.5 Å². The van der Waals surface area contributed by atoms with E-state index in [-0.39, 0.29) is 11.8 Å². The predicted octanol–water partition coefficient (Wildman–Crippen LogP) is 3.93. The fourth-order valence-corrected chi connectivity index (χ4v) is 3.95. The first-order chi connectivity index (χ1) is 13.0. The highest BCUT2D eigenvalue weighted by Gasteiger charge is 2.40. The van der Waals surface area contributed by atoms with E-state index in [1.54, 1.807) is 23.1 Å². The molecule has 2 atom stereocenters. The SMILES string of the molecule is O=C(Nc1cc(Cl)ccc1Cl)C1CCCN1C(=O)C1Cc2ccccc2O1. The molecule has 0 bridgehead atoms. The van der Waals surface area contributed by atoms with E-state index >= 15 is 0 Å². The number of likely N-dealkylation sites (tertiary alicyclic amines) is 1. The molecular weight excluding hydrogens is 387 g/mol. The standard InChI is InChI=1S/C20H18Cl2N2O3/c21-13-7-8-14(22)15(11-13)23-19(25)16-5-3-9-24(16)20(26)18-10-12-4-1-2-6-17(12)27-18/h1-2,4,6-8,11,16,18H,3,5,9-10H2,(H,23,25). The largest absolute Gasteiger partial charge is 0.480 e. The van der Waals surface area contributed by atoms with Crippen LogP contribution in [0.5, 0.6) is 5.75 Å². The number of amides is 2. The van der Waals surface area contributed by atoms with Gasteiger partial charge in [-0.1, -0.05) is 41.4 Å². The van der Waals surface area contributed by atoms with Gasteiger partial charge in [0.2, 0.25) is 5.91 Å². The molecule has 2 unspecified atom stereocenters. The molecule has 0 radical (unpaired) electrons. The number of carbonyl (C=O) groups excluding carboxylic acids is 2. The zero-order valence-corrected chi connectivity index (χ0v) is 16.0. The molecule has 5 nitrogen and oxygen atoms in total. The maximum Gasteiger partial charge on any atom is 0.264 e. The highest BCUT2D eigenvalue weighted by Crippen LogP contribution is 2.31. The van der Waals surface area contributed by atoms with Crippen molar-refractivity contribution in [2.24, 2.45) is 0 Å². The van der Waals surface area contributed by atoms with Crippen molar-refractivity contribution in [2.45, 2.75) is 31.4 Å². The van der Waals surface area contributed by atoms with Gasteiger partial charge in [-0.05, 0) is 42.7 Å². The Labute approximate surface area is 167 Å². The summed E-state index contributed by atoms with van der Waals surface area (Å²) < 4.78 is 5.80. The summed E-state index contributed by atoms with van der Waals surface area (Å²) in [5.74, 6) is 0.323. The molecule has 0 spiro atoms. The number of nitrogens with zero attached hydrogens (tertiary/aromatic N) is 1. The summed E-state index contributed by atoms with van der Waals surface area (Å²) >= 11 is 12.1. The number of fused-ring (bicyclic) bond motifs is 1. The number of ether oxygens (including phenoxy) is 1. The van der Waals surface area contributed by atoms with Crippen molar-refractivity contribution in [1.82, 2.24) is 4.90 Å². The van der Waals surface area contributed by atoms with Gasteiger partial charge < -0.3 is 15.0 Å². The van der Waals surface area contributed by atoms with Crippen molar-refractivity contribution in [1.29, 1.82) is 0 Å². The first-order valence-corrected chi connectivity index (χ1v) is 9.59. The molecule has 2 aliphatic rings. The molecule has 1 saturated heterocycles. The monoisotopic (exact) mass is 404 g/mol. The van der Waals surface area contributed by atoms with Crippen molar-refractivity contribution in [2.75, 3.05) is 11.9 Å².